The van der Waals surface area contributed by atoms with E-state index in [9.17, 15) is 4.79 Å². The highest BCUT2D eigenvalue weighted by molar-refractivity contribution is 5.90. The van der Waals surface area contributed by atoms with Gasteiger partial charge in [0.15, 0.2) is 0 Å². The zero-order valence-corrected chi connectivity index (χ0v) is 12.3. The summed E-state index contributed by atoms with van der Waals surface area (Å²) in [4.78, 5) is 12.0. The van der Waals surface area contributed by atoms with Crippen LogP contribution in [0.5, 0.6) is 11.5 Å². The van der Waals surface area contributed by atoms with Crippen molar-refractivity contribution in [1.82, 2.24) is 5.32 Å². The quantitative estimate of drug-likeness (QED) is 0.912. The van der Waals surface area contributed by atoms with Crippen LogP contribution in [0.25, 0.3) is 0 Å². The Morgan fingerprint density at radius 2 is 2.00 bits per heavy atom. The van der Waals surface area contributed by atoms with Gasteiger partial charge in [0.1, 0.15) is 11.5 Å². The SMILES string of the molecule is COc1ccccc1NC(=O)NC[C@@H]1COc2ccccc21. The van der Waals surface area contributed by atoms with Crippen LogP contribution in [-0.2, 0) is 0 Å². The molecule has 3 rings (SSSR count). The van der Waals surface area contributed by atoms with Crippen LogP contribution in [0.1, 0.15) is 11.5 Å². The van der Waals surface area contributed by atoms with Crippen molar-refractivity contribution in [1.29, 1.82) is 0 Å². The number of anilines is 1. The Balaban J connectivity index is 1.57. The number of carbonyl (C=O) groups is 1. The number of amides is 2. The maximum absolute atomic E-state index is 12.0. The maximum atomic E-state index is 12.0. The van der Waals surface area contributed by atoms with Crippen molar-refractivity contribution in [3.8, 4) is 11.5 Å². The summed E-state index contributed by atoms with van der Waals surface area (Å²) in [6.45, 7) is 1.12. The molecule has 0 saturated heterocycles. The van der Waals surface area contributed by atoms with E-state index in [-0.39, 0.29) is 11.9 Å². The van der Waals surface area contributed by atoms with E-state index in [1.807, 2.05) is 36.4 Å². The molecule has 22 heavy (non-hydrogen) atoms. The Morgan fingerprint density at radius 1 is 1.23 bits per heavy atom. The van der Waals surface area contributed by atoms with Gasteiger partial charge in [-0.1, -0.05) is 30.3 Å². The van der Waals surface area contributed by atoms with Crippen molar-refractivity contribution >= 4 is 11.7 Å². The number of hydrogen-bond donors (Lipinski definition) is 2. The zero-order valence-electron chi connectivity index (χ0n) is 12.3. The van der Waals surface area contributed by atoms with Crippen molar-refractivity contribution in [3.63, 3.8) is 0 Å². The normalized spacial score (nSPS) is 15.6. The highest BCUT2D eigenvalue weighted by Gasteiger charge is 2.23. The Morgan fingerprint density at radius 3 is 2.86 bits per heavy atom. The molecule has 2 aromatic carbocycles. The van der Waals surface area contributed by atoms with E-state index in [0.29, 0.717) is 24.6 Å². The lowest BCUT2D eigenvalue weighted by Gasteiger charge is -2.13. The molecule has 1 aliphatic heterocycles. The van der Waals surface area contributed by atoms with Gasteiger partial charge < -0.3 is 20.1 Å². The second-order valence-electron chi connectivity index (χ2n) is 5.08. The van der Waals surface area contributed by atoms with E-state index in [1.54, 1.807) is 19.2 Å². The first-order valence-corrected chi connectivity index (χ1v) is 7.17. The van der Waals surface area contributed by atoms with E-state index in [0.717, 1.165) is 11.3 Å². The minimum atomic E-state index is -0.256. The molecule has 2 amide bonds. The van der Waals surface area contributed by atoms with E-state index in [2.05, 4.69) is 10.6 Å². The monoisotopic (exact) mass is 298 g/mol. The number of rotatable bonds is 4. The van der Waals surface area contributed by atoms with Crippen molar-refractivity contribution < 1.29 is 14.3 Å². The molecule has 1 atom stereocenters. The summed E-state index contributed by atoms with van der Waals surface area (Å²) in [7, 11) is 1.57. The Labute approximate surface area is 129 Å². The number of methoxy groups -OCH3 is 1. The van der Waals surface area contributed by atoms with Gasteiger partial charge in [-0.05, 0) is 18.2 Å². The molecule has 0 fully saturated rings. The van der Waals surface area contributed by atoms with Gasteiger partial charge in [0.25, 0.3) is 0 Å². The largest absolute Gasteiger partial charge is 0.495 e. The summed E-state index contributed by atoms with van der Waals surface area (Å²) in [5, 5.41) is 5.67. The predicted octanol–water partition coefficient (Wildman–Crippen LogP) is 2.99. The van der Waals surface area contributed by atoms with Gasteiger partial charge in [-0.25, -0.2) is 4.79 Å². The topological polar surface area (TPSA) is 59.6 Å². The lowest BCUT2D eigenvalue weighted by atomic mass is 10.0. The van der Waals surface area contributed by atoms with Crippen LogP contribution in [0.2, 0.25) is 0 Å². The number of fused-ring (bicyclic) bond motifs is 1. The number of hydrogen-bond acceptors (Lipinski definition) is 3. The molecule has 2 N–H and O–H groups in total. The van der Waals surface area contributed by atoms with Gasteiger partial charge in [-0.2, -0.15) is 0 Å². The van der Waals surface area contributed by atoms with E-state index in [4.69, 9.17) is 9.47 Å². The van der Waals surface area contributed by atoms with Crippen LogP contribution in [-0.4, -0.2) is 26.3 Å². The summed E-state index contributed by atoms with van der Waals surface area (Å²) in [5.74, 6) is 1.71. The maximum Gasteiger partial charge on any atom is 0.319 e. The van der Waals surface area contributed by atoms with Crippen LogP contribution < -0.4 is 20.1 Å². The number of para-hydroxylation sites is 3. The molecule has 114 valence electrons. The average molecular weight is 298 g/mol. The fourth-order valence-corrected chi connectivity index (χ4v) is 2.53. The first-order valence-electron chi connectivity index (χ1n) is 7.17. The standard InChI is InChI=1S/C17H18N2O3/c1-21-16-9-5-3-7-14(16)19-17(20)18-10-12-11-22-15-8-4-2-6-13(12)15/h2-9,12H,10-11H2,1H3,(H2,18,19,20)/t12-/m1/s1. The van der Waals surface area contributed by atoms with Gasteiger partial charge >= 0.3 is 6.03 Å². The first-order chi connectivity index (χ1) is 10.8. The third-order valence-corrected chi connectivity index (χ3v) is 3.66. The van der Waals surface area contributed by atoms with Gasteiger partial charge in [0.05, 0.1) is 19.4 Å². The van der Waals surface area contributed by atoms with Gasteiger partial charge in [0, 0.05) is 18.0 Å². The van der Waals surface area contributed by atoms with Gasteiger partial charge in [-0.3, -0.25) is 0 Å². The number of benzene rings is 2. The molecule has 0 aliphatic carbocycles. The number of carbonyl (C=O) groups excluding carboxylic acids is 1. The summed E-state index contributed by atoms with van der Waals surface area (Å²) >= 11 is 0. The third-order valence-electron chi connectivity index (χ3n) is 3.66. The Hall–Kier alpha value is -2.69. The molecule has 5 nitrogen and oxygen atoms in total. The second kappa shape index (κ2) is 6.39. The van der Waals surface area contributed by atoms with Crippen LogP contribution in [0.15, 0.2) is 48.5 Å². The number of ether oxygens (including phenoxy) is 2. The average Bonchev–Trinajstić information content (AvgIpc) is 2.97. The molecule has 0 saturated carbocycles. The van der Waals surface area contributed by atoms with Crippen molar-refractivity contribution in [3.05, 3.63) is 54.1 Å². The van der Waals surface area contributed by atoms with Crippen LogP contribution in [0.3, 0.4) is 0 Å². The van der Waals surface area contributed by atoms with Crippen molar-refractivity contribution in [2.75, 3.05) is 25.6 Å². The molecular formula is C17H18N2O3. The van der Waals surface area contributed by atoms with Crippen molar-refractivity contribution in [2.45, 2.75) is 5.92 Å². The van der Waals surface area contributed by atoms with Gasteiger partial charge in [-0.15, -0.1) is 0 Å². The lowest BCUT2D eigenvalue weighted by molar-refractivity contribution is 0.250. The number of nitrogens with one attached hydrogen (secondary N) is 2. The molecular weight excluding hydrogens is 280 g/mol. The fraction of sp³-hybridized carbons (Fsp3) is 0.235. The molecule has 2 aromatic rings. The molecule has 0 unspecified atom stereocenters. The van der Waals surface area contributed by atoms with E-state index >= 15 is 0 Å². The fourth-order valence-electron chi connectivity index (χ4n) is 2.53. The molecule has 0 bridgehead atoms. The van der Waals surface area contributed by atoms with Crippen LogP contribution in [0, 0.1) is 0 Å². The molecule has 1 heterocycles. The van der Waals surface area contributed by atoms with E-state index < -0.39 is 0 Å². The molecule has 0 aromatic heterocycles. The first kappa shape index (κ1) is 14.3. The van der Waals surface area contributed by atoms with Crippen LogP contribution in [0.4, 0.5) is 10.5 Å². The molecule has 0 radical (unpaired) electrons. The Kier molecular flexibility index (Phi) is 4.14. The van der Waals surface area contributed by atoms with Gasteiger partial charge in [0.2, 0.25) is 0 Å². The predicted molar refractivity (Wildman–Crippen MR) is 84.7 cm³/mol. The highest BCUT2D eigenvalue weighted by Crippen LogP contribution is 2.32. The summed E-state index contributed by atoms with van der Waals surface area (Å²) in [6.07, 6.45) is 0. The lowest BCUT2D eigenvalue weighted by Crippen LogP contribution is -2.32. The highest BCUT2D eigenvalue weighted by atomic mass is 16.5. The third kappa shape index (κ3) is 2.98. The van der Waals surface area contributed by atoms with E-state index in [1.165, 1.54) is 0 Å². The Bertz CT molecular complexity index is 672. The summed E-state index contributed by atoms with van der Waals surface area (Å²) in [5.41, 5.74) is 1.78. The minimum Gasteiger partial charge on any atom is -0.495 e. The van der Waals surface area contributed by atoms with Crippen LogP contribution >= 0.6 is 0 Å². The molecule has 1 aliphatic rings. The molecule has 0 spiro atoms. The minimum absolute atomic E-state index is 0.180. The second-order valence-corrected chi connectivity index (χ2v) is 5.08. The zero-order chi connectivity index (χ0) is 15.4. The summed E-state index contributed by atoms with van der Waals surface area (Å²) in [6, 6.07) is 15.0. The molecule has 5 heteroatoms. The smallest absolute Gasteiger partial charge is 0.319 e. The number of urea groups is 1. The summed E-state index contributed by atoms with van der Waals surface area (Å²) < 4.78 is 10.8. The van der Waals surface area contributed by atoms with Crippen molar-refractivity contribution in [2.24, 2.45) is 0 Å².